The van der Waals surface area contributed by atoms with Crippen molar-refractivity contribution in [1.82, 2.24) is 0 Å². The van der Waals surface area contributed by atoms with Crippen molar-refractivity contribution < 1.29 is 18.3 Å². The fraction of sp³-hybridized carbons (Fsp3) is 0.300. The molecule has 6 heteroatoms. The van der Waals surface area contributed by atoms with E-state index in [0.717, 1.165) is 6.07 Å². The average molecular weight is 250 g/mol. The lowest BCUT2D eigenvalue weighted by molar-refractivity contribution is -0.141. The third-order valence-corrected chi connectivity index (χ3v) is 2.22. The zero-order valence-corrected chi connectivity index (χ0v) is 9.44. The van der Waals surface area contributed by atoms with Gasteiger partial charge in [0.2, 0.25) is 0 Å². The molecule has 1 unspecified atom stereocenters. The van der Waals surface area contributed by atoms with Crippen LogP contribution in [-0.4, -0.2) is 19.1 Å². The van der Waals surface area contributed by atoms with E-state index in [1.165, 1.54) is 14.0 Å². The zero-order valence-electron chi connectivity index (χ0n) is 8.68. The van der Waals surface area contributed by atoms with Crippen LogP contribution in [0.15, 0.2) is 12.1 Å². The van der Waals surface area contributed by atoms with Gasteiger partial charge in [0.15, 0.2) is 5.82 Å². The van der Waals surface area contributed by atoms with Crippen LogP contribution in [0.3, 0.4) is 0 Å². The molecule has 0 radical (unpaired) electrons. The Balaban J connectivity index is 2.93. The zero-order chi connectivity index (χ0) is 12.3. The molecule has 0 saturated carbocycles. The molecular formula is C10H10ClF2NO2. The Morgan fingerprint density at radius 1 is 1.50 bits per heavy atom. The topological polar surface area (TPSA) is 38.3 Å². The summed E-state index contributed by atoms with van der Waals surface area (Å²) in [6.45, 7) is 1.48. The number of benzene rings is 1. The molecule has 1 N–H and O–H groups in total. The largest absolute Gasteiger partial charge is 0.467 e. The quantitative estimate of drug-likeness (QED) is 0.837. The lowest BCUT2D eigenvalue weighted by Crippen LogP contribution is -2.27. The highest BCUT2D eigenvalue weighted by Crippen LogP contribution is 2.26. The van der Waals surface area contributed by atoms with Crippen LogP contribution in [0.5, 0.6) is 0 Å². The highest BCUT2D eigenvalue weighted by molar-refractivity contribution is 6.33. The van der Waals surface area contributed by atoms with E-state index in [1.807, 2.05) is 0 Å². The summed E-state index contributed by atoms with van der Waals surface area (Å²) in [4.78, 5) is 11.1. The number of ether oxygens (including phenoxy) is 1. The summed E-state index contributed by atoms with van der Waals surface area (Å²) in [5, 5.41) is 2.38. The van der Waals surface area contributed by atoms with E-state index in [0.29, 0.717) is 6.07 Å². The summed E-state index contributed by atoms with van der Waals surface area (Å²) in [6.07, 6.45) is 0. The normalized spacial score (nSPS) is 12.1. The molecule has 0 saturated heterocycles. The third-order valence-electron chi connectivity index (χ3n) is 1.92. The Morgan fingerprint density at radius 3 is 2.62 bits per heavy atom. The second-order valence-corrected chi connectivity index (χ2v) is 3.54. The minimum atomic E-state index is -0.860. The first-order valence-corrected chi connectivity index (χ1v) is 4.82. The fourth-order valence-electron chi connectivity index (χ4n) is 1.13. The first-order chi connectivity index (χ1) is 7.45. The molecule has 1 aromatic carbocycles. The molecule has 88 valence electrons. The molecule has 16 heavy (non-hydrogen) atoms. The van der Waals surface area contributed by atoms with Gasteiger partial charge in [-0.3, -0.25) is 0 Å². The van der Waals surface area contributed by atoms with Crippen LogP contribution in [0.4, 0.5) is 14.5 Å². The lowest BCUT2D eigenvalue weighted by atomic mass is 10.2. The number of rotatable bonds is 3. The SMILES string of the molecule is COC(=O)C(C)Nc1c(F)cc(F)cc1Cl. The van der Waals surface area contributed by atoms with Crippen molar-refractivity contribution in [2.24, 2.45) is 0 Å². The predicted octanol–water partition coefficient (Wildman–Crippen LogP) is 2.59. The number of nitrogens with one attached hydrogen (secondary N) is 1. The van der Waals surface area contributed by atoms with E-state index in [2.05, 4.69) is 10.1 Å². The molecule has 0 aromatic heterocycles. The van der Waals surface area contributed by atoms with Crippen LogP contribution in [0.2, 0.25) is 5.02 Å². The standard InChI is InChI=1S/C10H10ClF2NO2/c1-5(10(15)16-2)14-9-7(11)3-6(12)4-8(9)13/h3-5,14H,1-2H3. The molecule has 0 bridgehead atoms. The van der Waals surface area contributed by atoms with Crippen molar-refractivity contribution in [3.8, 4) is 0 Å². The van der Waals surface area contributed by atoms with Gasteiger partial charge in [-0.1, -0.05) is 11.6 Å². The maximum Gasteiger partial charge on any atom is 0.327 e. The van der Waals surface area contributed by atoms with Crippen molar-refractivity contribution in [2.75, 3.05) is 12.4 Å². The van der Waals surface area contributed by atoms with Gasteiger partial charge < -0.3 is 10.1 Å². The van der Waals surface area contributed by atoms with Gasteiger partial charge in [-0.15, -0.1) is 0 Å². The number of carbonyl (C=O) groups is 1. The number of esters is 1. The third kappa shape index (κ3) is 2.82. The molecule has 0 aliphatic rings. The molecule has 0 aliphatic heterocycles. The molecule has 0 amide bonds. The van der Waals surface area contributed by atoms with E-state index in [1.54, 1.807) is 0 Å². The Labute approximate surface area is 96.4 Å². The van der Waals surface area contributed by atoms with Gasteiger partial charge in [0.25, 0.3) is 0 Å². The minimum Gasteiger partial charge on any atom is -0.467 e. The van der Waals surface area contributed by atoms with Crippen molar-refractivity contribution in [2.45, 2.75) is 13.0 Å². The smallest absolute Gasteiger partial charge is 0.327 e. The van der Waals surface area contributed by atoms with Crippen molar-refractivity contribution in [1.29, 1.82) is 0 Å². The van der Waals surface area contributed by atoms with Crippen molar-refractivity contribution in [3.63, 3.8) is 0 Å². The summed E-state index contributed by atoms with van der Waals surface area (Å²) in [7, 11) is 1.21. The van der Waals surface area contributed by atoms with Gasteiger partial charge in [0.1, 0.15) is 11.9 Å². The van der Waals surface area contributed by atoms with Gasteiger partial charge in [-0.25, -0.2) is 13.6 Å². The first-order valence-electron chi connectivity index (χ1n) is 4.44. The molecule has 1 rings (SSSR count). The number of hydrogen-bond donors (Lipinski definition) is 1. The van der Waals surface area contributed by atoms with Gasteiger partial charge in [0.05, 0.1) is 17.8 Å². The summed E-state index contributed by atoms with van der Waals surface area (Å²) >= 11 is 5.63. The van der Waals surface area contributed by atoms with Crippen LogP contribution in [0, 0.1) is 11.6 Å². The average Bonchev–Trinajstić information content (AvgIpc) is 2.21. The number of halogens is 3. The summed E-state index contributed by atoms with van der Waals surface area (Å²) in [5.41, 5.74) is -0.124. The van der Waals surface area contributed by atoms with E-state index in [4.69, 9.17) is 11.6 Å². The fourth-order valence-corrected chi connectivity index (χ4v) is 1.38. The summed E-state index contributed by atoms with van der Waals surface area (Å²) in [5.74, 6) is -2.21. The van der Waals surface area contributed by atoms with Crippen LogP contribution in [0.25, 0.3) is 0 Å². The van der Waals surface area contributed by atoms with Crippen LogP contribution in [0.1, 0.15) is 6.92 Å². The van der Waals surface area contributed by atoms with Crippen molar-refractivity contribution >= 4 is 23.3 Å². The lowest BCUT2D eigenvalue weighted by Gasteiger charge is -2.14. The van der Waals surface area contributed by atoms with E-state index < -0.39 is 23.6 Å². The molecule has 1 aromatic rings. The van der Waals surface area contributed by atoms with Crippen LogP contribution in [-0.2, 0) is 9.53 Å². The molecule has 0 spiro atoms. The minimum absolute atomic E-state index is 0.124. The second-order valence-electron chi connectivity index (χ2n) is 3.13. The van der Waals surface area contributed by atoms with E-state index in [-0.39, 0.29) is 10.7 Å². The summed E-state index contributed by atoms with van der Waals surface area (Å²) < 4.78 is 30.5. The van der Waals surface area contributed by atoms with Crippen LogP contribution >= 0.6 is 11.6 Å². The van der Waals surface area contributed by atoms with Crippen LogP contribution < -0.4 is 5.32 Å². The van der Waals surface area contributed by atoms with Gasteiger partial charge in [-0.2, -0.15) is 0 Å². The molecular weight excluding hydrogens is 240 g/mol. The molecule has 0 fully saturated rings. The Bertz CT molecular complexity index is 389. The highest BCUT2D eigenvalue weighted by atomic mass is 35.5. The molecule has 3 nitrogen and oxygen atoms in total. The Morgan fingerprint density at radius 2 is 2.12 bits per heavy atom. The number of methoxy groups -OCH3 is 1. The van der Waals surface area contributed by atoms with Gasteiger partial charge >= 0.3 is 5.97 Å². The van der Waals surface area contributed by atoms with Gasteiger partial charge in [0, 0.05) is 6.07 Å². The van der Waals surface area contributed by atoms with E-state index >= 15 is 0 Å². The summed E-state index contributed by atoms with van der Waals surface area (Å²) in [6, 6.07) is 0.859. The second kappa shape index (κ2) is 5.12. The van der Waals surface area contributed by atoms with Crippen molar-refractivity contribution in [3.05, 3.63) is 28.8 Å². The highest BCUT2D eigenvalue weighted by Gasteiger charge is 2.17. The predicted molar refractivity (Wildman–Crippen MR) is 56.5 cm³/mol. The first kappa shape index (κ1) is 12.7. The van der Waals surface area contributed by atoms with E-state index in [9.17, 15) is 13.6 Å². The Kier molecular flexibility index (Phi) is 4.06. The monoisotopic (exact) mass is 249 g/mol. The Hall–Kier alpha value is -1.36. The molecule has 1 atom stereocenters. The molecule has 0 aliphatic carbocycles. The maximum absolute atomic E-state index is 13.3. The number of anilines is 1. The number of hydrogen-bond acceptors (Lipinski definition) is 3. The van der Waals surface area contributed by atoms with Gasteiger partial charge in [-0.05, 0) is 13.0 Å². The molecule has 0 heterocycles. The number of carbonyl (C=O) groups excluding carboxylic acids is 1. The maximum atomic E-state index is 13.3.